The summed E-state index contributed by atoms with van der Waals surface area (Å²) in [5.74, 6) is -0.611. The van der Waals surface area contributed by atoms with Crippen molar-refractivity contribution in [3.8, 4) is 5.69 Å². The molecule has 0 aliphatic heterocycles. The first-order valence-corrected chi connectivity index (χ1v) is 9.88. The highest BCUT2D eigenvalue weighted by Gasteiger charge is 2.20. The maximum Gasteiger partial charge on any atom is 0.283 e. The number of hydrogen-bond acceptors (Lipinski definition) is 4. The van der Waals surface area contributed by atoms with Crippen LogP contribution in [0.5, 0.6) is 0 Å². The van der Waals surface area contributed by atoms with E-state index < -0.39 is 0 Å². The Kier molecular flexibility index (Phi) is 5.18. The molecule has 1 atom stereocenters. The smallest absolute Gasteiger partial charge is 0.273 e. The summed E-state index contributed by atoms with van der Waals surface area (Å²) in [5.41, 5.74) is 6.80. The van der Waals surface area contributed by atoms with Gasteiger partial charge in [0.2, 0.25) is 5.91 Å². The van der Waals surface area contributed by atoms with Crippen LogP contribution in [0.1, 0.15) is 36.0 Å². The van der Waals surface area contributed by atoms with Crippen molar-refractivity contribution in [3.05, 3.63) is 88.1 Å². The van der Waals surface area contributed by atoms with E-state index in [4.69, 9.17) is 0 Å². The zero-order valence-corrected chi connectivity index (χ0v) is 17.2. The molecular formula is C23H23N5O2. The van der Waals surface area contributed by atoms with Gasteiger partial charge in [-0.3, -0.25) is 15.0 Å². The van der Waals surface area contributed by atoms with Gasteiger partial charge in [0, 0.05) is 0 Å². The molecule has 0 radical (unpaired) electrons. The highest BCUT2D eigenvalue weighted by atomic mass is 16.2. The average Bonchev–Trinajstić information content (AvgIpc) is 3.18. The number of nitrogens with one attached hydrogen (secondary N) is 1. The largest absolute Gasteiger partial charge is 0.283 e. The van der Waals surface area contributed by atoms with Crippen LogP contribution in [-0.2, 0) is 4.79 Å². The first kappa shape index (κ1) is 19.6. The Morgan fingerprint density at radius 3 is 2.57 bits per heavy atom. The minimum Gasteiger partial charge on any atom is -0.273 e. The van der Waals surface area contributed by atoms with E-state index in [9.17, 15) is 9.59 Å². The maximum atomic E-state index is 12.9. The van der Waals surface area contributed by atoms with Gasteiger partial charge in [-0.25, -0.2) is 14.3 Å². The Balaban J connectivity index is 1.67. The molecule has 4 rings (SSSR count). The number of rotatable bonds is 5. The second-order valence-electron chi connectivity index (χ2n) is 7.33. The van der Waals surface area contributed by atoms with Gasteiger partial charge in [0.15, 0.2) is 5.65 Å². The van der Waals surface area contributed by atoms with E-state index in [0.717, 1.165) is 21.5 Å². The molecule has 0 aliphatic carbocycles. The molecule has 0 saturated carbocycles. The van der Waals surface area contributed by atoms with Crippen molar-refractivity contribution in [1.82, 2.24) is 19.4 Å². The predicted molar refractivity (Wildman–Crippen MR) is 116 cm³/mol. The van der Waals surface area contributed by atoms with E-state index in [1.165, 1.54) is 18.1 Å². The molecule has 0 bridgehead atoms. The molecule has 2 aromatic heterocycles. The minimum atomic E-state index is -0.369. The molecule has 0 unspecified atom stereocenters. The molecule has 0 saturated heterocycles. The summed E-state index contributed by atoms with van der Waals surface area (Å²) in [6.07, 6.45) is 3.43. The SMILES string of the molecule is CC[C@@H](C(=O)Nn1cnc2c(cnn2-c2ccc(C)c(C)c2)c1=O)c1ccccc1. The van der Waals surface area contributed by atoms with Crippen LogP contribution in [0.15, 0.2) is 65.8 Å². The van der Waals surface area contributed by atoms with Gasteiger partial charge in [-0.1, -0.05) is 43.3 Å². The molecular weight excluding hydrogens is 378 g/mol. The van der Waals surface area contributed by atoms with Crippen molar-refractivity contribution in [2.45, 2.75) is 33.1 Å². The molecule has 30 heavy (non-hydrogen) atoms. The first-order chi connectivity index (χ1) is 14.5. The lowest BCUT2D eigenvalue weighted by Gasteiger charge is -2.16. The Labute approximate surface area is 174 Å². The van der Waals surface area contributed by atoms with Crippen LogP contribution in [0.3, 0.4) is 0 Å². The molecule has 1 N–H and O–H groups in total. The van der Waals surface area contributed by atoms with Crippen molar-refractivity contribution in [1.29, 1.82) is 0 Å². The highest BCUT2D eigenvalue weighted by Crippen LogP contribution is 2.20. The van der Waals surface area contributed by atoms with Crippen LogP contribution in [0.4, 0.5) is 0 Å². The van der Waals surface area contributed by atoms with Gasteiger partial charge < -0.3 is 0 Å². The maximum absolute atomic E-state index is 12.9. The van der Waals surface area contributed by atoms with Crippen molar-refractivity contribution >= 4 is 16.9 Å². The summed E-state index contributed by atoms with van der Waals surface area (Å²) in [4.78, 5) is 30.1. The van der Waals surface area contributed by atoms with Crippen molar-refractivity contribution in [2.75, 3.05) is 5.43 Å². The topological polar surface area (TPSA) is 81.8 Å². The number of hydrogen-bond donors (Lipinski definition) is 1. The molecule has 7 heteroatoms. The van der Waals surface area contributed by atoms with Gasteiger partial charge in [0.05, 0.1) is 17.8 Å². The highest BCUT2D eigenvalue weighted by molar-refractivity contribution is 5.90. The summed E-state index contributed by atoms with van der Waals surface area (Å²) in [5, 5.41) is 4.68. The molecule has 7 nitrogen and oxygen atoms in total. The summed E-state index contributed by atoms with van der Waals surface area (Å²) in [6, 6.07) is 15.5. The molecule has 2 aromatic carbocycles. The predicted octanol–water partition coefficient (Wildman–Crippen LogP) is 3.46. The van der Waals surface area contributed by atoms with Gasteiger partial charge in [0.25, 0.3) is 5.56 Å². The third-order valence-corrected chi connectivity index (χ3v) is 5.38. The summed E-state index contributed by atoms with van der Waals surface area (Å²) < 4.78 is 2.76. The van der Waals surface area contributed by atoms with Gasteiger partial charge in [-0.15, -0.1) is 0 Å². The van der Waals surface area contributed by atoms with Crippen LogP contribution in [0.2, 0.25) is 0 Å². The third-order valence-electron chi connectivity index (χ3n) is 5.38. The van der Waals surface area contributed by atoms with Crippen LogP contribution in [0.25, 0.3) is 16.7 Å². The lowest BCUT2D eigenvalue weighted by Crippen LogP contribution is -2.35. The molecule has 2 heterocycles. The molecule has 4 aromatic rings. The number of aromatic nitrogens is 4. The van der Waals surface area contributed by atoms with Gasteiger partial charge in [-0.2, -0.15) is 5.10 Å². The normalized spacial score (nSPS) is 12.1. The fourth-order valence-electron chi connectivity index (χ4n) is 3.49. The summed E-state index contributed by atoms with van der Waals surface area (Å²) in [7, 11) is 0. The molecule has 0 aliphatic rings. The third kappa shape index (κ3) is 3.50. The quantitative estimate of drug-likeness (QED) is 0.555. The standard InChI is InChI=1S/C23H23N5O2/c1-4-19(17-8-6-5-7-9-17)22(29)26-27-14-24-21-20(23(27)30)13-25-28(21)18-11-10-15(2)16(3)12-18/h5-14,19H,4H2,1-3H3,(H,26,29)/t19-/m1/s1. The number of amides is 1. The lowest BCUT2D eigenvalue weighted by atomic mass is 9.96. The molecule has 1 amide bonds. The Hall–Kier alpha value is -3.74. The fourth-order valence-corrected chi connectivity index (χ4v) is 3.49. The van der Waals surface area contributed by atoms with E-state index in [1.807, 2.05) is 69.3 Å². The van der Waals surface area contributed by atoms with E-state index >= 15 is 0 Å². The molecule has 0 fully saturated rings. The zero-order chi connectivity index (χ0) is 21.3. The summed E-state index contributed by atoms with van der Waals surface area (Å²) in [6.45, 7) is 6.01. The van der Waals surface area contributed by atoms with Gasteiger partial charge in [0.1, 0.15) is 11.7 Å². The van der Waals surface area contributed by atoms with Crippen molar-refractivity contribution in [3.63, 3.8) is 0 Å². The number of carbonyl (C=O) groups is 1. The van der Waals surface area contributed by atoms with Crippen LogP contribution >= 0.6 is 0 Å². The second-order valence-corrected chi connectivity index (χ2v) is 7.33. The fraction of sp³-hybridized carbons (Fsp3) is 0.217. The van der Waals surface area contributed by atoms with Gasteiger partial charge >= 0.3 is 0 Å². The number of fused-ring (bicyclic) bond motifs is 1. The minimum absolute atomic E-state index is 0.256. The summed E-state index contributed by atoms with van der Waals surface area (Å²) >= 11 is 0. The van der Waals surface area contributed by atoms with Crippen molar-refractivity contribution in [2.24, 2.45) is 0 Å². The van der Waals surface area contributed by atoms with Crippen LogP contribution < -0.4 is 11.0 Å². The van der Waals surface area contributed by atoms with Gasteiger partial charge in [-0.05, 0) is 49.1 Å². The number of aryl methyl sites for hydroxylation is 2. The second kappa shape index (κ2) is 7.94. The zero-order valence-electron chi connectivity index (χ0n) is 17.2. The van der Waals surface area contributed by atoms with Crippen molar-refractivity contribution < 1.29 is 4.79 Å². The Morgan fingerprint density at radius 2 is 1.87 bits per heavy atom. The number of carbonyl (C=O) groups excluding carboxylic acids is 1. The number of nitrogens with zero attached hydrogens (tertiary/aromatic N) is 4. The van der Waals surface area contributed by atoms with E-state index in [2.05, 4.69) is 15.5 Å². The van der Waals surface area contributed by atoms with E-state index in [1.54, 1.807) is 4.68 Å². The van der Waals surface area contributed by atoms with E-state index in [-0.39, 0.29) is 17.4 Å². The first-order valence-electron chi connectivity index (χ1n) is 9.88. The lowest BCUT2D eigenvalue weighted by molar-refractivity contribution is -0.118. The molecule has 0 spiro atoms. The van der Waals surface area contributed by atoms with E-state index in [0.29, 0.717) is 17.5 Å². The average molecular weight is 401 g/mol. The monoisotopic (exact) mass is 401 g/mol. The Morgan fingerprint density at radius 1 is 1.10 bits per heavy atom. The molecule has 152 valence electrons. The van der Waals surface area contributed by atoms with Crippen LogP contribution in [-0.4, -0.2) is 25.3 Å². The number of benzene rings is 2. The van der Waals surface area contributed by atoms with Crippen LogP contribution in [0, 0.1) is 13.8 Å². The Bertz CT molecular complexity index is 1270.